The number of carbonyl (C=O) groups excluding carboxylic acids is 2. The molecule has 5 nitrogen and oxygen atoms in total. The highest BCUT2D eigenvalue weighted by atomic mass is 35.5. The lowest BCUT2D eigenvalue weighted by Gasteiger charge is -2.08. The van der Waals surface area contributed by atoms with Crippen LogP contribution in [0.5, 0.6) is 5.75 Å². The highest BCUT2D eigenvalue weighted by molar-refractivity contribution is 6.32. The van der Waals surface area contributed by atoms with E-state index < -0.39 is 5.97 Å². The van der Waals surface area contributed by atoms with Crippen molar-refractivity contribution >= 4 is 23.5 Å². The number of nitrogens with one attached hydrogen (secondary N) is 1. The molecule has 0 radical (unpaired) electrons. The molecule has 6 heteroatoms. The minimum Gasteiger partial charge on any atom is -0.480 e. The predicted molar refractivity (Wildman–Crippen MR) is 69.1 cm³/mol. The fourth-order valence-corrected chi connectivity index (χ4v) is 1.57. The molecule has 1 fully saturated rings. The smallest absolute Gasteiger partial charge is 0.344 e. The molecular formula is C13H14ClNO4. The van der Waals surface area contributed by atoms with Gasteiger partial charge in [-0.05, 0) is 25.0 Å². The maximum Gasteiger partial charge on any atom is 0.344 e. The first-order chi connectivity index (χ1) is 9.15. The standard InChI is InChI=1S/C13H14ClNO4/c14-10-3-1-2-4-11(10)18-8-13(17)19-7-12(16)15-9-5-6-9/h1-4,9H,5-8H2,(H,15,16). The van der Waals surface area contributed by atoms with Gasteiger partial charge in [-0.15, -0.1) is 0 Å². The number of para-hydroxylation sites is 1. The van der Waals surface area contributed by atoms with E-state index in [1.165, 1.54) is 0 Å². The Morgan fingerprint density at radius 1 is 1.26 bits per heavy atom. The minimum absolute atomic E-state index is 0.255. The van der Waals surface area contributed by atoms with Gasteiger partial charge in [0.25, 0.3) is 5.91 Å². The molecule has 0 aromatic heterocycles. The molecule has 102 valence electrons. The summed E-state index contributed by atoms with van der Waals surface area (Å²) in [5.74, 6) is -0.483. The zero-order valence-corrected chi connectivity index (χ0v) is 11.0. The number of hydrogen-bond acceptors (Lipinski definition) is 4. The van der Waals surface area contributed by atoms with Crippen LogP contribution in [0.3, 0.4) is 0 Å². The topological polar surface area (TPSA) is 64.6 Å². The molecule has 2 rings (SSSR count). The number of esters is 1. The molecule has 1 amide bonds. The molecule has 1 aromatic carbocycles. The van der Waals surface area contributed by atoms with Crippen molar-refractivity contribution in [2.45, 2.75) is 18.9 Å². The summed E-state index contributed by atoms with van der Waals surface area (Å²) >= 11 is 5.86. The van der Waals surface area contributed by atoms with E-state index in [0.29, 0.717) is 10.8 Å². The molecule has 0 bridgehead atoms. The molecule has 0 atom stereocenters. The number of halogens is 1. The highest BCUT2D eigenvalue weighted by Crippen LogP contribution is 2.22. The van der Waals surface area contributed by atoms with Crippen LogP contribution in [0.1, 0.15) is 12.8 Å². The number of amides is 1. The van der Waals surface area contributed by atoms with Gasteiger partial charge in [0.05, 0.1) is 5.02 Å². The molecule has 1 N–H and O–H groups in total. The Kier molecular flexibility index (Phi) is 4.63. The Hall–Kier alpha value is -1.75. The first-order valence-corrected chi connectivity index (χ1v) is 6.35. The summed E-state index contributed by atoms with van der Waals surface area (Å²) in [5.41, 5.74) is 0. The van der Waals surface area contributed by atoms with Crippen LogP contribution in [-0.4, -0.2) is 31.1 Å². The number of rotatable bonds is 6. The third-order valence-electron chi connectivity index (χ3n) is 2.49. The Morgan fingerprint density at radius 2 is 2.00 bits per heavy atom. The van der Waals surface area contributed by atoms with Crippen molar-refractivity contribution in [3.05, 3.63) is 29.3 Å². The summed E-state index contributed by atoms with van der Waals surface area (Å²) in [6.45, 7) is -0.554. The summed E-state index contributed by atoms with van der Waals surface area (Å²) in [7, 11) is 0. The molecule has 1 aliphatic carbocycles. The van der Waals surface area contributed by atoms with Crippen LogP contribution < -0.4 is 10.1 Å². The SMILES string of the molecule is O=C(COC(=O)COc1ccccc1Cl)NC1CC1. The van der Waals surface area contributed by atoms with E-state index in [0.717, 1.165) is 12.8 Å². The van der Waals surface area contributed by atoms with Crippen molar-refractivity contribution in [3.63, 3.8) is 0 Å². The van der Waals surface area contributed by atoms with Crippen molar-refractivity contribution < 1.29 is 19.1 Å². The van der Waals surface area contributed by atoms with Crippen LogP contribution in [0, 0.1) is 0 Å². The third kappa shape index (κ3) is 4.79. The molecule has 0 unspecified atom stereocenters. The fourth-order valence-electron chi connectivity index (χ4n) is 1.38. The van der Waals surface area contributed by atoms with Gasteiger partial charge in [-0.2, -0.15) is 0 Å². The molecule has 1 aliphatic rings. The van der Waals surface area contributed by atoms with E-state index in [2.05, 4.69) is 5.32 Å². The minimum atomic E-state index is -0.606. The van der Waals surface area contributed by atoms with Crippen molar-refractivity contribution in [3.8, 4) is 5.75 Å². The maximum atomic E-state index is 11.4. The molecule has 1 aromatic rings. The lowest BCUT2D eigenvalue weighted by molar-refractivity contribution is -0.150. The monoisotopic (exact) mass is 283 g/mol. The van der Waals surface area contributed by atoms with Gasteiger partial charge in [-0.25, -0.2) is 4.79 Å². The molecule has 1 saturated carbocycles. The first kappa shape index (κ1) is 13.7. The van der Waals surface area contributed by atoms with Crippen LogP contribution in [-0.2, 0) is 14.3 Å². The van der Waals surface area contributed by atoms with Gasteiger partial charge in [0, 0.05) is 6.04 Å². The average Bonchev–Trinajstić information content (AvgIpc) is 3.19. The summed E-state index contributed by atoms with van der Waals surface area (Å²) < 4.78 is 9.96. The van der Waals surface area contributed by atoms with Crippen LogP contribution >= 0.6 is 11.6 Å². The zero-order chi connectivity index (χ0) is 13.7. The van der Waals surface area contributed by atoms with Crippen molar-refractivity contribution in [1.82, 2.24) is 5.32 Å². The summed E-state index contributed by atoms with van der Waals surface area (Å²) in [6.07, 6.45) is 1.99. The molecule has 0 heterocycles. The van der Waals surface area contributed by atoms with Crippen molar-refractivity contribution in [2.75, 3.05) is 13.2 Å². The molecule has 19 heavy (non-hydrogen) atoms. The van der Waals surface area contributed by atoms with Crippen LogP contribution in [0.25, 0.3) is 0 Å². The fraction of sp³-hybridized carbons (Fsp3) is 0.385. The van der Waals surface area contributed by atoms with E-state index in [9.17, 15) is 9.59 Å². The normalized spacial score (nSPS) is 13.7. The number of carbonyl (C=O) groups is 2. The van der Waals surface area contributed by atoms with Crippen molar-refractivity contribution in [2.24, 2.45) is 0 Å². The van der Waals surface area contributed by atoms with Gasteiger partial charge >= 0.3 is 5.97 Å². The van der Waals surface area contributed by atoms with Gasteiger partial charge in [0.2, 0.25) is 0 Å². The quantitative estimate of drug-likeness (QED) is 0.805. The third-order valence-corrected chi connectivity index (χ3v) is 2.80. The summed E-state index contributed by atoms with van der Waals surface area (Å²) in [4.78, 5) is 22.6. The van der Waals surface area contributed by atoms with Gasteiger partial charge in [0.15, 0.2) is 13.2 Å². The number of ether oxygens (including phenoxy) is 2. The Labute approximate surface area is 115 Å². The molecule has 0 aliphatic heterocycles. The zero-order valence-electron chi connectivity index (χ0n) is 10.2. The van der Waals surface area contributed by atoms with Crippen LogP contribution in [0.15, 0.2) is 24.3 Å². The number of hydrogen-bond donors (Lipinski definition) is 1. The maximum absolute atomic E-state index is 11.4. The second-order valence-electron chi connectivity index (χ2n) is 4.22. The predicted octanol–water partition coefficient (Wildman–Crippen LogP) is 1.54. The lowest BCUT2D eigenvalue weighted by Crippen LogP contribution is -2.31. The lowest BCUT2D eigenvalue weighted by atomic mass is 10.3. The van der Waals surface area contributed by atoms with Gasteiger partial charge in [-0.1, -0.05) is 23.7 Å². The Balaban J connectivity index is 1.66. The largest absolute Gasteiger partial charge is 0.480 e. The second kappa shape index (κ2) is 6.43. The van der Waals surface area contributed by atoms with E-state index >= 15 is 0 Å². The molecular weight excluding hydrogens is 270 g/mol. The van der Waals surface area contributed by atoms with E-state index in [1.54, 1.807) is 24.3 Å². The van der Waals surface area contributed by atoms with Gasteiger partial charge in [-0.3, -0.25) is 4.79 Å². The van der Waals surface area contributed by atoms with E-state index in [1.807, 2.05) is 0 Å². The first-order valence-electron chi connectivity index (χ1n) is 5.97. The van der Waals surface area contributed by atoms with Crippen LogP contribution in [0.2, 0.25) is 5.02 Å². The summed E-state index contributed by atoms with van der Waals surface area (Å²) in [5, 5.41) is 3.13. The summed E-state index contributed by atoms with van der Waals surface area (Å²) in [6, 6.07) is 7.07. The Bertz CT molecular complexity index is 473. The van der Waals surface area contributed by atoms with E-state index in [-0.39, 0.29) is 25.2 Å². The molecule has 0 saturated heterocycles. The molecule has 0 spiro atoms. The highest BCUT2D eigenvalue weighted by Gasteiger charge is 2.23. The van der Waals surface area contributed by atoms with Crippen molar-refractivity contribution in [1.29, 1.82) is 0 Å². The average molecular weight is 284 g/mol. The van der Waals surface area contributed by atoms with Crippen LogP contribution in [0.4, 0.5) is 0 Å². The van der Waals surface area contributed by atoms with Gasteiger partial charge < -0.3 is 14.8 Å². The second-order valence-corrected chi connectivity index (χ2v) is 4.63. The van der Waals surface area contributed by atoms with Gasteiger partial charge in [0.1, 0.15) is 5.75 Å². The number of benzene rings is 1. The Morgan fingerprint density at radius 3 is 2.68 bits per heavy atom. The van der Waals surface area contributed by atoms with E-state index in [4.69, 9.17) is 21.1 Å².